The van der Waals surface area contributed by atoms with Crippen LogP contribution in [0.3, 0.4) is 0 Å². The molecule has 15 nitrogen and oxygen atoms in total. The van der Waals surface area contributed by atoms with Gasteiger partial charge in [0.05, 0.1) is 4.83 Å². The summed E-state index contributed by atoms with van der Waals surface area (Å²) in [6.07, 6.45) is 9.57. The normalized spacial score (nSPS) is 17.1. The summed E-state index contributed by atoms with van der Waals surface area (Å²) in [5, 5.41) is 13.8. The number of carbonyl (C=O) groups excluding carboxylic acids is 7. The van der Waals surface area contributed by atoms with E-state index in [1.165, 1.54) is 10.5 Å². The predicted molar refractivity (Wildman–Crippen MR) is 479 cm³/mol. The number of Topliss-reactive ketones (excluding diaryl/α,β-unsaturated/α-hetero) is 5. The number of alkyl halides is 2. The van der Waals surface area contributed by atoms with Gasteiger partial charge >= 0.3 is 12.1 Å². The summed E-state index contributed by atoms with van der Waals surface area (Å²) < 4.78 is 37.1. The van der Waals surface area contributed by atoms with Gasteiger partial charge < -0.3 is 33.5 Å². The third-order valence-corrected chi connectivity index (χ3v) is 26.2. The van der Waals surface area contributed by atoms with Crippen molar-refractivity contribution < 1.29 is 67.1 Å². The van der Waals surface area contributed by atoms with Gasteiger partial charge in [-0.1, -0.05) is 182 Å². The van der Waals surface area contributed by atoms with E-state index in [-0.39, 0.29) is 39.5 Å². The molecular weight excluding hydrogens is 1880 g/mol. The Bertz CT molecular complexity index is 5690. The minimum Gasteiger partial charge on any atom is -0.508 e. The van der Waals surface area contributed by atoms with Gasteiger partial charge in [-0.25, -0.2) is 9.59 Å². The van der Waals surface area contributed by atoms with Gasteiger partial charge in [0.15, 0.2) is 29.2 Å². The average Bonchev–Trinajstić information content (AvgIpc) is 0.992. The number of hydrogen-bond acceptors (Lipinski definition) is 14. The quantitative estimate of drug-likeness (QED) is 0.122. The molecule has 10 aromatic rings. The second kappa shape index (κ2) is 38.4. The first kappa shape index (κ1) is 87.0. The van der Waals surface area contributed by atoms with Crippen LogP contribution in [0.25, 0.3) is 33.4 Å². The van der Waals surface area contributed by atoms with Crippen molar-refractivity contribution in [1.29, 1.82) is 0 Å². The first-order chi connectivity index (χ1) is 57.2. The van der Waals surface area contributed by atoms with Crippen LogP contribution in [-0.2, 0) is 78.1 Å². The van der Waals surface area contributed by atoms with Gasteiger partial charge in [-0.3, -0.25) is 28.9 Å². The largest absolute Gasteiger partial charge is 0.508 e. The van der Waals surface area contributed by atoms with E-state index in [4.69, 9.17) is 86.4 Å². The zero-order valence-corrected chi connectivity index (χ0v) is 75.4. The number of phenols is 1. The van der Waals surface area contributed by atoms with Gasteiger partial charge in [-0.2, -0.15) is 0 Å². The Balaban J connectivity index is 0.000000122. The lowest BCUT2D eigenvalue weighted by Gasteiger charge is -2.31. The molecule has 24 heteroatoms. The molecule has 0 radical (unpaired) electrons. The maximum absolute atomic E-state index is 13.3. The van der Waals surface area contributed by atoms with Gasteiger partial charge in [-0.05, 0) is 240 Å². The van der Waals surface area contributed by atoms with Crippen LogP contribution in [0.2, 0.25) is 25.1 Å². The number of phenolic OH excluding ortho intramolecular Hbond substituents is 1. The zero-order chi connectivity index (χ0) is 84.1. The molecule has 4 heterocycles. The molecule has 1 saturated heterocycles. The van der Waals surface area contributed by atoms with Crippen LogP contribution in [0.1, 0.15) is 192 Å². The van der Waals surface area contributed by atoms with E-state index in [0.717, 1.165) is 198 Å². The summed E-state index contributed by atoms with van der Waals surface area (Å²) in [5.74, 6) is 3.50. The molecule has 0 bridgehead atoms. The molecule has 3 unspecified atom stereocenters. The molecule has 19 rings (SSSR count). The average molecular weight is 1960 g/mol. The SMILES string of the molecule is CC(C)(C)OC(=O)N1CCCC1C(=O)OC1CCc2c(ccc3c2OCc2cc(Cl)ccc2-3)C1=O.Clc1ccc(Br)c(CBr)c1.O=C1CCCc2c(O)cccc21.O=C1CCCc2c(OCc3cc(Cl)ccc3Br)cccc21.O=C1CCCc2c1ccc1c2OCc2cc(Cl)ccc2-1.O=C1c2ccc3c(c2CCC1Br)OCc1cc(Cl)ccc1-3. The number of benzene rings is 10. The molecule has 3 atom stereocenters. The van der Waals surface area contributed by atoms with E-state index in [1.807, 2.05) is 140 Å². The highest BCUT2D eigenvalue weighted by molar-refractivity contribution is 9.11. The second-order valence-corrected chi connectivity index (χ2v) is 36.6. The molecule has 119 heavy (non-hydrogen) atoms. The van der Waals surface area contributed by atoms with Gasteiger partial charge in [0.25, 0.3) is 0 Å². The van der Waals surface area contributed by atoms with Crippen LogP contribution < -0.4 is 18.9 Å². The Labute approximate surface area is 749 Å². The van der Waals surface area contributed by atoms with Crippen molar-refractivity contribution in [2.24, 2.45) is 0 Å². The third-order valence-electron chi connectivity index (χ3n) is 22.0. The Hall–Kier alpha value is -8.34. The molecule has 1 amide bonds. The number of ketones is 5. The van der Waals surface area contributed by atoms with Crippen LogP contribution in [0, 0.1) is 0 Å². The highest BCUT2D eigenvalue weighted by Gasteiger charge is 2.42. The topological polar surface area (TPSA) is 198 Å². The fraction of sp³-hybridized carbons (Fsp3) is 0.295. The van der Waals surface area contributed by atoms with Crippen molar-refractivity contribution in [3.05, 3.63) is 281 Å². The maximum atomic E-state index is 13.3. The molecule has 9 aliphatic rings. The highest BCUT2D eigenvalue weighted by Crippen LogP contribution is 2.48. The first-order valence-corrected chi connectivity index (χ1v) is 44.9. The van der Waals surface area contributed by atoms with Crippen LogP contribution in [0.15, 0.2) is 173 Å². The lowest BCUT2D eigenvalue weighted by Crippen LogP contribution is -2.45. The molecule has 5 aliphatic carbocycles. The molecule has 614 valence electrons. The van der Waals surface area contributed by atoms with Gasteiger partial charge in [-0.15, -0.1) is 0 Å². The minimum absolute atomic E-state index is 0.0715. The Morgan fingerprint density at radius 1 is 0.462 bits per heavy atom. The van der Waals surface area contributed by atoms with Crippen molar-refractivity contribution in [2.45, 2.75) is 171 Å². The summed E-state index contributed by atoms with van der Waals surface area (Å²) in [6.45, 7) is 7.60. The van der Waals surface area contributed by atoms with E-state index in [1.54, 1.807) is 45.0 Å². The van der Waals surface area contributed by atoms with E-state index >= 15 is 0 Å². The Kier molecular flexibility index (Phi) is 28.1. The van der Waals surface area contributed by atoms with Crippen LogP contribution >= 0.6 is 122 Å². The fourth-order valence-corrected chi connectivity index (χ4v) is 19.3. The summed E-state index contributed by atoms with van der Waals surface area (Å²) in [6, 6.07) is 50.5. The first-order valence-electron chi connectivity index (χ1n) is 39.4. The second-order valence-electron chi connectivity index (χ2n) is 31.0. The monoisotopic (exact) mass is 1950 g/mol. The number of fused-ring (bicyclic) bond motifs is 17. The fourth-order valence-electron chi connectivity index (χ4n) is 16.3. The van der Waals surface area contributed by atoms with Gasteiger partial charge in [0, 0.05) is 143 Å². The molecule has 0 aromatic heterocycles. The number of rotatable bonds is 6. The molecule has 10 aromatic carbocycles. The lowest BCUT2D eigenvalue weighted by molar-refractivity contribution is -0.152. The van der Waals surface area contributed by atoms with Crippen LogP contribution in [-0.4, -0.2) is 80.1 Å². The highest BCUT2D eigenvalue weighted by atomic mass is 79.9. The molecule has 1 fully saturated rings. The number of likely N-dealkylation sites (tertiary alicyclic amines) is 1. The van der Waals surface area contributed by atoms with Crippen molar-refractivity contribution in [2.75, 3.05) is 6.54 Å². The van der Waals surface area contributed by atoms with Gasteiger partial charge in [0.1, 0.15) is 66.8 Å². The number of ether oxygens (including phenoxy) is 6. The third kappa shape index (κ3) is 19.9. The maximum Gasteiger partial charge on any atom is 0.411 e. The summed E-state index contributed by atoms with van der Waals surface area (Å²) >= 11 is 43.7. The van der Waals surface area contributed by atoms with Crippen molar-refractivity contribution in [3.8, 4) is 62.1 Å². The molecule has 1 N–H and O–H groups in total. The standard InChI is InChI=1S/C27H28ClNO6.C17H12BrClO2.C17H14BrClO2.C17H13ClO2.C10H10O2.C7H5Br2Cl/c1-27(2,3)35-26(32)29-12-4-5-21(29)25(31)34-22-11-10-20-18(23(22)30)8-9-19-17-7-6-16(28)13-15(17)14-33-24(19)20;18-15-6-5-14-12(16(15)20)3-4-13-11-2-1-10(19)7-9(11)8-21-17(13)14;18-15-8-7-12(19)9-11(15)10-21-17-6-2-3-13-14(17)4-1-5-16(13)20;18-11-4-5-12-10(8-11)9-20-17-14-2-1-3-16(19)13(14)6-7-15(12)17;11-9-5-1-3-7-8(9)4-2-6-10(7)12;8-4-5-3-6(10)1-2-7(5)9/h6-9,13,21-22H,4-5,10-12,14H2,1-3H3;1-4,7,15H,5-6,8H2;2-3,6-9H,1,4-5,10H2;4-8H,1-3,9H2;1,3,5,11H,2,4,6H2;1-3H,4H2. The van der Waals surface area contributed by atoms with Crippen molar-refractivity contribution in [3.63, 3.8) is 0 Å². The molecule has 0 spiro atoms. The van der Waals surface area contributed by atoms with E-state index < -0.39 is 29.8 Å². The smallest absolute Gasteiger partial charge is 0.411 e. The van der Waals surface area contributed by atoms with Gasteiger partial charge in [0.2, 0.25) is 5.78 Å². The number of amides is 1. The Morgan fingerprint density at radius 3 is 1.39 bits per heavy atom. The number of esters is 1. The molecule has 4 aliphatic heterocycles. The number of carbonyl (C=O) groups is 7. The lowest BCUT2D eigenvalue weighted by atomic mass is 9.84. The predicted octanol–water partition coefficient (Wildman–Crippen LogP) is 25.7. The Morgan fingerprint density at radius 2 is 0.882 bits per heavy atom. The number of halogens is 9. The number of aromatic hydroxyl groups is 1. The van der Waals surface area contributed by atoms with Crippen molar-refractivity contribution in [1.82, 2.24) is 4.90 Å². The number of hydrogen-bond donors (Lipinski definition) is 1. The summed E-state index contributed by atoms with van der Waals surface area (Å²) in [5.41, 5.74) is 19.6. The van der Waals surface area contributed by atoms with Crippen molar-refractivity contribution >= 4 is 163 Å². The van der Waals surface area contributed by atoms with Crippen LogP contribution in [0.5, 0.6) is 28.7 Å². The summed E-state index contributed by atoms with van der Waals surface area (Å²) in [4.78, 5) is 87.7. The van der Waals surface area contributed by atoms with Crippen LogP contribution in [0.4, 0.5) is 4.79 Å². The summed E-state index contributed by atoms with van der Waals surface area (Å²) in [7, 11) is 0. The van der Waals surface area contributed by atoms with E-state index in [9.17, 15) is 38.7 Å². The van der Waals surface area contributed by atoms with E-state index in [0.29, 0.717) is 105 Å². The molecular formula is C95H82Br4Cl5NO14. The minimum atomic E-state index is -0.885. The zero-order valence-electron chi connectivity index (χ0n) is 65.3. The number of nitrogens with zero attached hydrogens (tertiary/aromatic N) is 1. The molecule has 0 saturated carbocycles. The van der Waals surface area contributed by atoms with E-state index in [2.05, 4.69) is 63.7 Å².